The number of hydrogen-bond acceptors (Lipinski definition) is 11. The molecule has 1 spiro atoms. The number of rotatable bonds is 10. The Labute approximate surface area is 258 Å². The Balaban J connectivity index is 1.46. The molecule has 4 aliphatic rings. The molecule has 3 heterocycles. The normalized spacial score (nSPS) is 25.7. The quantitative estimate of drug-likeness (QED) is 0.164. The molecule has 0 unspecified atom stereocenters. The summed E-state index contributed by atoms with van der Waals surface area (Å²) in [4.78, 5) is 40.2. The lowest BCUT2D eigenvalue weighted by Crippen LogP contribution is -2.49. The molecule has 3 aliphatic heterocycles. The van der Waals surface area contributed by atoms with Gasteiger partial charge in [-0.05, 0) is 88.3 Å². The molecule has 1 fully saturated rings. The van der Waals surface area contributed by atoms with Crippen LogP contribution in [0, 0.1) is 0 Å². The van der Waals surface area contributed by atoms with Gasteiger partial charge in [-0.3, -0.25) is 9.69 Å². The zero-order valence-corrected chi connectivity index (χ0v) is 26.6. The Morgan fingerprint density at radius 3 is 2.57 bits per heavy atom. The van der Waals surface area contributed by atoms with Crippen molar-refractivity contribution < 1.29 is 47.9 Å². The van der Waals surface area contributed by atoms with Crippen LogP contribution in [0.2, 0.25) is 0 Å². The fourth-order valence-electron chi connectivity index (χ4n) is 6.97. The molecule has 1 aromatic carbocycles. The van der Waals surface area contributed by atoms with Crippen LogP contribution in [0.15, 0.2) is 24.0 Å². The summed E-state index contributed by atoms with van der Waals surface area (Å²) in [5.41, 5.74) is -1.35. The number of aliphatic hydroxyl groups is 1. The molecule has 11 nitrogen and oxygen atoms in total. The number of carbonyl (C=O) groups excluding carboxylic acids is 3. The molecule has 0 bridgehead atoms. The number of benzene rings is 1. The highest BCUT2D eigenvalue weighted by Gasteiger charge is 2.59. The van der Waals surface area contributed by atoms with Gasteiger partial charge in [0.2, 0.25) is 6.79 Å². The molecule has 1 aromatic rings. The second kappa shape index (κ2) is 11.8. The SMILES string of the molecule is COC(=O)C[C@](O)(CCCC(C)(C)OC(=O)I)C(=O)O[C@@H]1C(OC)=C[C@]23CCCN2CCc2cc4c(cc2[C@H]13)OCO4. The van der Waals surface area contributed by atoms with E-state index in [9.17, 15) is 19.5 Å². The van der Waals surface area contributed by atoms with Crippen LogP contribution in [-0.2, 0) is 35.0 Å². The van der Waals surface area contributed by atoms with Gasteiger partial charge in [0.15, 0.2) is 23.2 Å². The van der Waals surface area contributed by atoms with Gasteiger partial charge >= 0.3 is 15.9 Å². The van der Waals surface area contributed by atoms with Crippen LogP contribution in [0.1, 0.15) is 69.4 Å². The summed E-state index contributed by atoms with van der Waals surface area (Å²) in [6, 6.07) is 3.99. The third-order valence-electron chi connectivity index (χ3n) is 8.97. The number of ether oxygens (including phenoxy) is 6. The molecule has 4 atom stereocenters. The van der Waals surface area contributed by atoms with Crippen molar-refractivity contribution in [1.29, 1.82) is 0 Å². The van der Waals surface area contributed by atoms with Gasteiger partial charge in [-0.25, -0.2) is 9.59 Å². The van der Waals surface area contributed by atoms with Crippen molar-refractivity contribution in [3.63, 3.8) is 0 Å². The molecule has 1 saturated heterocycles. The van der Waals surface area contributed by atoms with Gasteiger partial charge < -0.3 is 33.5 Å². The monoisotopic (exact) mass is 699 g/mol. The van der Waals surface area contributed by atoms with Crippen LogP contribution < -0.4 is 9.47 Å². The lowest BCUT2D eigenvalue weighted by molar-refractivity contribution is -0.178. The van der Waals surface area contributed by atoms with Crippen LogP contribution in [0.25, 0.3) is 0 Å². The van der Waals surface area contributed by atoms with Crippen molar-refractivity contribution in [3.05, 3.63) is 35.1 Å². The van der Waals surface area contributed by atoms with Gasteiger partial charge in [-0.15, -0.1) is 0 Å². The highest BCUT2D eigenvalue weighted by molar-refractivity contribution is 14.1. The third-order valence-corrected chi connectivity index (χ3v) is 9.19. The predicted molar refractivity (Wildman–Crippen MR) is 158 cm³/mol. The molecular weight excluding hydrogens is 661 g/mol. The molecule has 1 N–H and O–H groups in total. The van der Waals surface area contributed by atoms with Crippen LogP contribution >= 0.6 is 22.6 Å². The largest absolute Gasteiger partial charge is 0.497 e. The molecule has 0 amide bonds. The maximum Gasteiger partial charge on any atom is 0.367 e. The average molecular weight is 700 g/mol. The minimum Gasteiger partial charge on any atom is -0.497 e. The first-order valence-electron chi connectivity index (χ1n) is 14.2. The second-order valence-electron chi connectivity index (χ2n) is 12.0. The Morgan fingerprint density at radius 2 is 1.88 bits per heavy atom. The summed E-state index contributed by atoms with van der Waals surface area (Å²) >= 11 is 1.56. The summed E-state index contributed by atoms with van der Waals surface area (Å²) in [5, 5.41) is 11.6. The van der Waals surface area contributed by atoms with Gasteiger partial charge in [0, 0.05) is 6.54 Å². The lowest BCUT2D eigenvalue weighted by Gasteiger charge is -2.39. The minimum atomic E-state index is -2.16. The fraction of sp³-hybridized carbons (Fsp3) is 0.633. The first-order chi connectivity index (χ1) is 19.9. The number of esters is 2. The van der Waals surface area contributed by atoms with Gasteiger partial charge in [0.05, 0.1) is 54.7 Å². The van der Waals surface area contributed by atoms with E-state index in [2.05, 4.69) is 11.0 Å². The van der Waals surface area contributed by atoms with E-state index in [1.54, 1.807) is 43.5 Å². The highest BCUT2D eigenvalue weighted by atomic mass is 127. The minimum absolute atomic E-state index is 0.0981. The van der Waals surface area contributed by atoms with Crippen molar-refractivity contribution >= 4 is 38.5 Å². The number of nitrogens with zero attached hydrogens (tertiary/aromatic N) is 1. The molecular formula is C30H38INO10. The first-order valence-corrected chi connectivity index (χ1v) is 15.3. The van der Waals surface area contributed by atoms with E-state index in [4.69, 9.17) is 28.4 Å². The summed E-state index contributed by atoms with van der Waals surface area (Å²) in [6.07, 6.45) is 3.81. The average Bonchev–Trinajstić information content (AvgIpc) is 3.61. The van der Waals surface area contributed by atoms with Crippen molar-refractivity contribution in [3.8, 4) is 11.5 Å². The maximum absolute atomic E-state index is 13.9. The van der Waals surface area contributed by atoms with Crippen LogP contribution in [0.5, 0.6) is 11.5 Å². The van der Waals surface area contributed by atoms with E-state index < -0.39 is 45.2 Å². The Hall–Kier alpha value is -2.58. The number of methoxy groups -OCH3 is 2. The molecule has 42 heavy (non-hydrogen) atoms. The Morgan fingerprint density at radius 1 is 1.14 bits per heavy atom. The van der Waals surface area contributed by atoms with Crippen LogP contribution in [0.4, 0.5) is 4.79 Å². The molecule has 12 heteroatoms. The molecule has 0 radical (unpaired) electrons. The van der Waals surface area contributed by atoms with Crippen molar-refractivity contribution in [2.45, 2.75) is 87.6 Å². The Kier molecular flexibility index (Phi) is 8.70. The van der Waals surface area contributed by atoms with Crippen molar-refractivity contribution in [2.24, 2.45) is 0 Å². The molecule has 0 aromatic heterocycles. The maximum atomic E-state index is 13.9. The summed E-state index contributed by atoms with van der Waals surface area (Å²) in [7, 11) is 2.75. The standard InChI is InChI=1S/C30H38INO10/c1-28(2,42-27(31)35)8-5-10-30(36,16-23(33)38-4)26(34)41-25-22(37-3)15-29-9-6-11-32(29)12-7-18-13-20-21(40-17-39-20)14-19(18)24(25)29/h13-15,24-25,36H,5-12,16-17H2,1-4H3/t24-,25-,29+,30-/m1/s1. The number of hydrogen-bond donors (Lipinski definition) is 1. The molecule has 0 saturated carbocycles. The number of halogens is 1. The summed E-state index contributed by atoms with van der Waals surface area (Å²) < 4.78 is 33.1. The highest BCUT2D eigenvalue weighted by Crippen LogP contribution is 2.55. The van der Waals surface area contributed by atoms with Crippen molar-refractivity contribution in [2.75, 3.05) is 34.1 Å². The topological polar surface area (TPSA) is 130 Å². The molecule has 1 aliphatic carbocycles. The summed E-state index contributed by atoms with van der Waals surface area (Å²) in [6.45, 7) is 5.36. The molecule has 230 valence electrons. The number of carbonyl (C=O) groups is 3. The zero-order chi connectivity index (χ0) is 30.3. The van der Waals surface area contributed by atoms with Gasteiger partial charge in [0.1, 0.15) is 11.4 Å². The van der Waals surface area contributed by atoms with E-state index in [0.29, 0.717) is 23.7 Å². The van der Waals surface area contributed by atoms with Crippen molar-refractivity contribution in [1.82, 2.24) is 4.90 Å². The predicted octanol–water partition coefficient (Wildman–Crippen LogP) is 4.16. The first kappa shape index (κ1) is 30.9. The second-order valence-corrected chi connectivity index (χ2v) is 12.9. The van der Waals surface area contributed by atoms with E-state index in [0.717, 1.165) is 43.5 Å². The third kappa shape index (κ3) is 5.81. The van der Waals surface area contributed by atoms with Gasteiger partial charge in [-0.1, -0.05) is 0 Å². The van der Waals surface area contributed by atoms with Gasteiger partial charge in [-0.2, -0.15) is 0 Å². The van der Waals surface area contributed by atoms with E-state index >= 15 is 0 Å². The van der Waals surface area contributed by atoms with Gasteiger partial charge in [0.25, 0.3) is 0 Å². The summed E-state index contributed by atoms with van der Waals surface area (Å²) in [5.74, 6) is -0.162. The molecule has 5 rings (SSSR count). The lowest BCUT2D eigenvalue weighted by atomic mass is 9.77. The van der Waals surface area contributed by atoms with E-state index in [-0.39, 0.29) is 25.6 Å². The van der Waals surface area contributed by atoms with E-state index in [1.807, 2.05) is 12.1 Å². The number of fused-ring (bicyclic) bond motifs is 3. The smallest absolute Gasteiger partial charge is 0.367 e. The van der Waals surface area contributed by atoms with Crippen LogP contribution in [0.3, 0.4) is 0 Å². The van der Waals surface area contributed by atoms with Crippen LogP contribution in [-0.4, -0.2) is 82.9 Å². The van der Waals surface area contributed by atoms with E-state index in [1.165, 1.54) is 7.11 Å². The Bertz CT molecular complexity index is 1280. The zero-order valence-electron chi connectivity index (χ0n) is 24.4. The fourth-order valence-corrected chi connectivity index (χ4v) is 7.56.